The summed E-state index contributed by atoms with van der Waals surface area (Å²) < 4.78 is 5.98. The van der Waals surface area contributed by atoms with E-state index in [4.69, 9.17) is 4.74 Å². The highest BCUT2D eigenvalue weighted by Gasteiger charge is 2.21. The van der Waals surface area contributed by atoms with E-state index in [0.717, 1.165) is 31.6 Å². The van der Waals surface area contributed by atoms with Gasteiger partial charge in [0.2, 0.25) is 0 Å². The Kier molecular flexibility index (Phi) is 7.20. The predicted octanol–water partition coefficient (Wildman–Crippen LogP) is 3.52. The van der Waals surface area contributed by atoms with Crippen LogP contribution in [0.5, 0.6) is 5.75 Å². The van der Waals surface area contributed by atoms with Gasteiger partial charge in [-0.1, -0.05) is 19.1 Å². The average molecular weight is 293 g/mol. The number of aryl methyl sites for hydroxylation is 2. The molecule has 1 rings (SSSR count). The number of nitrogens with one attached hydrogen (secondary N) is 1. The zero-order valence-corrected chi connectivity index (χ0v) is 14.3. The molecule has 3 nitrogen and oxygen atoms in total. The Hall–Kier alpha value is -1.06. The van der Waals surface area contributed by atoms with Gasteiger partial charge in [0.05, 0.1) is 13.2 Å². The van der Waals surface area contributed by atoms with Gasteiger partial charge in [-0.25, -0.2) is 0 Å². The van der Waals surface area contributed by atoms with E-state index in [9.17, 15) is 5.11 Å². The van der Waals surface area contributed by atoms with Gasteiger partial charge in [0.25, 0.3) is 0 Å². The number of aliphatic hydroxyl groups excluding tert-OH is 1. The van der Waals surface area contributed by atoms with Crippen molar-refractivity contribution < 1.29 is 9.84 Å². The van der Waals surface area contributed by atoms with Gasteiger partial charge >= 0.3 is 0 Å². The predicted molar refractivity (Wildman–Crippen MR) is 89.2 cm³/mol. The van der Waals surface area contributed by atoms with E-state index in [1.165, 1.54) is 16.7 Å². The molecule has 0 saturated carbocycles. The van der Waals surface area contributed by atoms with Gasteiger partial charge in [0, 0.05) is 5.54 Å². The summed E-state index contributed by atoms with van der Waals surface area (Å²) in [4.78, 5) is 0. The van der Waals surface area contributed by atoms with Crippen LogP contribution >= 0.6 is 0 Å². The van der Waals surface area contributed by atoms with Crippen molar-refractivity contribution in [2.75, 3.05) is 19.8 Å². The molecule has 2 N–H and O–H groups in total. The monoisotopic (exact) mass is 293 g/mol. The van der Waals surface area contributed by atoms with Gasteiger partial charge in [-0.2, -0.15) is 0 Å². The molecule has 1 aromatic carbocycles. The maximum Gasteiger partial charge on any atom is 0.125 e. The Morgan fingerprint density at radius 3 is 2.48 bits per heavy atom. The maximum absolute atomic E-state index is 9.55. The molecule has 120 valence electrons. The summed E-state index contributed by atoms with van der Waals surface area (Å²) in [6.45, 7) is 12.3. The summed E-state index contributed by atoms with van der Waals surface area (Å²) in [6.07, 6.45) is 2.92. The number of benzene rings is 1. The number of aliphatic hydroxyl groups is 1. The zero-order valence-electron chi connectivity index (χ0n) is 14.3. The second-order valence-electron chi connectivity index (χ2n) is 6.25. The molecule has 0 spiro atoms. The molecular weight excluding hydrogens is 262 g/mol. The van der Waals surface area contributed by atoms with Crippen LogP contribution < -0.4 is 10.1 Å². The van der Waals surface area contributed by atoms with E-state index in [1.54, 1.807) is 0 Å². The molecule has 1 unspecified atom stereocenters. The first-order valence-electron chi connectivity index (χ1n) is 7.99. The first kappa shape index (κ1) is 18.0. The molecule has 3 heteroatoms. The molecule has 0 aromatic heterocycles. The molecule has 21 heavy (non-hydrogen) atoms. The second-order valence-corrected chi connectivity index (χ2v) is 6.25. The summed E-state index contributed by atoms with van der Waals surface area (Å²) in [5.41, 5.74) is 3.48. The number of rotatable bonds is 9. The summed E-state index contributed by atoms with van der Waals surface area (Å²) in [7, 11) is 0. The van der Waals surface area contributed by atoms with Crippen molar-refractivity contribution in [3.05, 3.63) is 28.8 Å². The van der Waals surface area contributed by atoms with Crippen LogP contribution in [0.4, 0.5) is 0 Å². The molecule has 0 saturated heterocycles. The van der Waals surface area contributed by atoms with Crippen LogP contribution in [0.25, 0.3) is 0 Å². The van der Waals surface area contributed by atoms with Crippen molar-refractivity contribution in [1.29, 1.82) is 0 Å². The van der Waals surface area contributed by atoms with Crippen LogP contribution in [0.15, 0.2) is 12.1 Å². The Balaban J connectivity index is 2.49. The number of hydrogen-bond donors (Lipinski definition) is 2. The van der Waals surface area contributed by atoms with Gasteiger partial charge in [-0.3, -0.25) is 0 Å². The van der Waals surface area contributed by atoms with Gasteiger partial charge in [-0.05, 0) is 70.2 Å². The minimum Gasteiger partial charge on any atom is -0.493 e. The van der Waals surface area contributed by atoms with Crippen LogP contribution in [0, 0.1) is 20.8 Å². The Labute approximate surface area is 129 Å². The van der Waals surface area contributed by atoms with Gasteiger partial charge in [0.15, 0.2) is 0 Å². The minimum atomic E-state index is -0.198. The van der Waals surface area contributed by atoms with Crippen molar-refractivity contribution in [1.82, 2.24) is 5.32 Å². The third-order valence-electron chi connectivity index (χ3n) is 4.14. The highest BCUT2D eigenvalue weighted by atomic mass is 16.5. The first-order chi connectivity index (χ1) is 9.93. The Morgan fingerprint density at radius 1 is 1.19 bits per heavy atom. The summed E-state index contributed by atoms with van der Waals surface area (Å²) >= 11 is 0. The molecular formula is C18H31NO2. The summed E-state index contributed by atoms with van der Waals surface area (Å²) in [5, 5.41) is 13.0. The fourth-order valence-electron chi connectivity index (χ4n) is 2.43. The van der Waals surface area contributed by atoms with Crippen LogP contribution in [0.3, 0.4) is 0 Å². The zero-order chi connectivity index (χ0) is 15.9. The van der Waals surface area contributed by atoms with Crippen molar-refractivity contribution in [2.24, 2.45) is 0 Å². The van der Waals surface area contributed by atoms with Crippen molar-refractivity contribution in [3.8, 4) is 5.75 Å². The van der Waals surface area contributed by atoms with Crippen LogP contribution in [-0.2, 0) is 0 Å². The Bertz CT molecular complexity index is 445. The quantitative estimate of drug-likeness (QED) is 0.685. The fourth-order valence-corrected chi connectivity index (χ4v) is 2.43. The maximum atomic E-state index is 9.55. The third kappa shape index (κ3) is 5.33. The molecule has 1 atom stereocenters. The van der Waals surface area contributed by atoms with E-state index in [0.29, 0.717) is 6.61 Å². The van der Waals surface area contributed by atoms with Crippen molar-refractivity contribution >= 4 is 0 Å². The topological polar surface area (TPSA) is 41.5 Å². The van der Waals surface area contributed by atoms with E-state index < -0.39 is 0 Å². The normalized spacial score (nSPS) is 14.0. The molecule has 0 aliphatic carbocycles. The number of ether oxygens (including phenoxy) is 1. The van der Waals surface area contributed by atoms with E-state index >= 15 is 0 Å². The van der Waals surface area contributed by atoms with Crippen molar-refractivity contribution in [2.45, 2.75) is 59.4 Å². The lowest BCUT2D eigenvalue weighted by molar-refractivity contribution is 0.156. The smallest absolute Gasteiger partial charge is 0.125 e. The number of hydrogen-bond acceptors (Lipinski definition) is 3. The van der Waals surface area contributed by atoms with E-state index in [1.807, 2.05) is 0 Å². The summed E-state index contributed by atoms with van der Waals surface area (Å²) in [6, 6.07) is 4.24. The van der Waals surface area contributed by atoms with Gasteiger partial charge < -0.3 is 15.2 Å². The molecule has 0 aliphatic heterocycles. The molecule has 0 fully saturated rings. The van der Waals surface area contributed by atoms with Gasteiger partial charge in [0.1, 0.15) is 5.75 Å². The van der Waals surface area contributed by atoms with Crippen molar-refractivity contribution in [3.63, 3.8) is 0 Å². The molecule has 1 aromatic rings. The standard InChI is InChI=1S/C18H31NO2/c1-6-11-19-18(5,13-20)10-7-12-21-17-15(3)9-8-14(2)16(17)4/h8-9,19-20H,6-7,10-13H2,1-5H3. The lowest BCUT2D eigenvalue weighted by Crippen LogP contribution is -2.46. The fraction of sp³-hybridized carbons (Fsp3) is 0.667. The summed E-state index contributed by atoms with van der Waals surface area (Å²) in [5.74, 6) is 1.02. The first-order valence-corrected chi connectivity index (χ1v) is 7.99. The molecule has 0 radical (unpaired) electrons. The van der Waals surface area contributed by atoms with E-state index in [2.05, 4.69) is 52.1 Å². The minimum absolute atomic E-state index is 0.162. The van der Waals surface area contributed by atoms with Crippen LogP contribution in [0.2, 0.25) is 0 Å². The molecule has 0 heterocycles. The molecule has 0 amide bonds. The second kappa shape index (κ2) is 8.40. The SMILES string of the molecule is CCCNC(C)(CO)CCCOc1c(C)ccc(C)c1C. The van der Waals surface area contributed by atoms with E-state index in [-0.39, 0.29) is 12.1 Å². The highest BCUT2D eigenvalue weighted by molar-refractivity contribution is 5.44. The molecule has 0 bridgehead atoms. The Morgan fingerprint density at radius 2 is 1.86 bits per heavy atom. The van der Waals surface area contributed by atoms with Gasteiger partial charge in [-0.15, -0.1) is 0 Å². The molecule has 0 aliphatic rings. The third-order valence-corrected chi connectivity index (χ3v) is 4.14. The lowest BCUT2D eigenvalue weighted by Gasteiger charge is -2.29. The largest absolute Gasteiger partial charge is 0.493 e. The lowest BCUT2D eigenvalue weighted by atomic mass is 9.97. The van der Waals surface area contributed by atoms with Crippen LogP contribution in [-0.4, -0.2) is 30.4 Å². The average Bonchev–Trinajstić information content (AvgIpc) is 2.48. The van der Waals surface area contributed by atoms with Crippen LogP contribution in [0.1, 0.15) is 49.8 Å². The highest BCUT2D eigenvalue weighted by Crippen LogP contribution is 2.26.